The van der Waals surface area contributed by atoms with Crippen molar-refractivity contribution in [3.8, 4) is 5.75 Å². The highest BCUT2D eigenvalue weighted by Gasteiger charge is 2.17. The number of pyridine rings is 1. The Morgan fingerprint density at radius 3 is 2.88 bits per heavy atom. The van der Waals surface area contributed by atoms with Gasteiger partial charge in [-0.1, -0.05) is 0 Å². The van der Waals surface area contributed by atoms with Crippen LogP contribution in [-0.4, -0.2) is 47.7 Å². The maximum absolute atomic E-state index is 11.9. The van der Waals surface area contributed by atoms with Crippen molar-refractivity contribution in [1.29, 1.82) is 0 Å². The van der Waals surface area contributed by atoms with Gasteiger partial charge in [-0.15, -0.1) is 0 Å². The van der Waals surface area contributed by atoms with Crippen LogP contribution in [0.2, 0.25) is 0 Å². The van der Waals surface area contributed by atoms with Crippen LogP contribution in [0, 0.1) is 0 Å². The van der Waals surface area contributed by atoms with Gasteiger partial charge in [-0.3, -0.25) is 9.78 Å². The molecule has 1 aromatic heterocycles. The molecule has 1 rings (SSSR count). The minimum atomic E-state index is -0.187. The van der Waals surface area contributed by atoms with Gasteiger partial charge < -0.3 is 14.7 Å². The molecule has 1 atom stereocenters. The topological polar surface area (TPSA) is 62.7 Å². The number of aromatic nitrogens is 1. The second kappa shape index (κ2) is 5.46. The molecule has 0 aliphatic rings. The first-order chi connectivity index (χ1) is 7.56. The van der Waals surface area contributed by atoms with Crippen molar-refractivity contribution >= 4 is 5.91 Å². The number of methoxy groups -OCH3 is 1. The van der Waals surface area contributed by atoms with Gasteiger partial charge in [-0.05, 0) is 13.0 Å². The van der Waals surface area contributed by atoms with Crippen molar-refractivity contribution in [2.45, 2.75) is 13.0 Å². The maximum Gasteiger partial charge on any atom is 0.255 e. The number of nitrogens with zero attached hydrogens (tertiary/aromatic N) is 2. The van der Waals surface area contributed by atoms with Gasteiger partial charge in [0.1, 0.15) is 5.75 Å². The highest BCUT2D eigenvalue weighted by Crippen LogP contribution is 2.11. The largest absolute Gasteiger partial charge is 0.506 e. The summed E-state index contributed by atoms with van der Waals surface area (Å²) in [7, 11) is 3.28. The van der Waals surface area contributed by atoms with E-state index in [9.17, 15) is 9.90 Å². The molecule has 0 saturated heterocycles. The Bertz CT molecular complexity index is 368. The van der Waals surface area contributed by atoms with Gasteiger partial charge in [0.2, 0.25) is 0 Å². The van der Waals surface area contributed by atoms with Gasteiger partial charge in [0, 0.05) is 20.4 Å². The molecule has 0 spiro atoms. The molecule has 0 saturated carbocycles. The molecule has 0 aromatic carbocycles. The third kappa shape index (κ3) is 2.93. The lowest BCUT2D eigenvalue weighted by atomic mass is 10.2. The zero-order valence-electron chi connectivity index (χ0n) is 9.67. The van der Waals surface area contributed by atoms with Crippen molar-refractivity contribution < 1.29 is 14.6 Å². The molecule has 5 heteroatoms. The Balaban J connectivity index is 2.77. The lowest BCUT2D eigenvalue weighted by molar-refractivity contribution is 0.0633. The third-order valence-electron chi connectivity index (χ3n) is 2.36. The Morgan fingerprint density at radius 1 is 1.62 bits per heavy atom. The standard InChI is InChI=1S/C11H16N2O3/c1-8(7-16-3)13(2)11(15)9-4-10(14)6-12-5-9/h4-6,8,14H,7H2,1-3H3. The zero-order valence-corrected chi connectivity index (χ0v) is 9.67. The van der Waals surface area contributed by atoms with E-state index in [0.29, 0.717) is 12.2 Å². The monoisotopic (exact) mass is 224 g/mol. The van der Waals surface area contributed by atoms with Gasteiger partial charge in [-0.25, -0.2) is 0 Å². The number of amides is 1. The molecule has 88 valence electrons. The quantitative estimate of drug-likeness (QED) is 0.825. The van der Waals surface area contributed by atoms with Crippen LogP contribution in [0.3, 0.4) is 0 Å². The second-order valence-corrected chi connectivity index (χ2v) is 3.65. The van der Waals surface area contributed by atoms with Gasteiger partial charge in [-0.2, -0.15) is 0 Å². The molecular formula is C11H16N2O3. The summed E-state index contributed by atoms with van der Waals surface area (Å²) in [5, 5.41) is 9.23. The van der Waals surface area contributed by atoms with Crippen LogP contribution >= 0.6 is 0 Å². The first-order valence-electron chi connectivity index (χ1n) is 4.96. The van der Waals surface area contributed by atoms with Crippen LogP contribution in [0.4, 0.5) is 0 Å². The van der Waals surface area contributed by atoms with Crippen molar-refractivity contribution in [3.05, 3.63) is 24.0 Å². The van der Waals surface area contributed by atoms with E-state index in [1.165, 1.54) is 18.5 Å². The number of likely N-dealkylation sites (N-methyl/N-ethyl adjacent to an activating group) is 1. The Morgan fingerprint density at radius 2 is 2.31 bits per heavy atom. The van der Waals surface area contributed by atoms with E-state index in [0.717, 1.165) is 0 Å². The average Bonchev–Trinajstić information content (AvgIpc) is 2.27. The highest BCUT2D eigenvalue weighted by molar-refractivity contribution is 5.94. The van der Waals surface area contributed by atoms with Crippen LogP contribution in [0.1, 0.15) is 17.3 Å². The van der Waals surface area contributed by atoms with E-state index < -0.39 is 0 Å². The third-order valence-corrected chi connectivity index (χ3v) is 2.36. The molecule has 16 heavy (non-hydrogen) atoms. The molecule has 1 unspecified atom stereocenters. The van der Waals surface area contributed by atoms with E-state index in [2.05, 4.69) is 4.98 Å². The molecule has 0 fully saturated rings. The molecule has 1 aromatic rings. The molecule has 0 aliphatic heterocycles. The number of carbonyl (C=O) groups excluding carboxylic acids is 1. The first kappa shape index (κ1) is 12.4. The summed E-state index contributed by atoms with van der Waals surface area (Å²) in [4.78, 5) is 17.3. The summed E-state index contributed by atoms with van der Waals surface area (Å²) in [6.07, 6.45) is 2.72. The lowest BCUT2D eigenvalue weighted by Crippen LogP contribution is -2.37. The zero-order chi connectivity index (χ0) is 12.1. The summed E-state index contributed by atoms with van der Waals surface area (Å²) < 4.78 is 4.98. The number of hydrogen-bond acceptors (Lipinski definition) is 4. The van der Waals surface area contributed by atoms with Gasteiger partial charge in [0.05, 0.1) is 24.4 Å². The predicted octanol–water partition coefficient (Wildman–Crippen LogP) is 0.894. The summed E-state index contributed by atoms with van der Waals surface area (Å²) >= 11 is 0. The molecule has 0 aliphatic carbocycles. The van der Waals surface area contributed by atoms with E-state index in [4.69, 9.17) is 4.74 Å². The number of aromatic hydroxyl groups is 1. The first-order valence-corrected chi connectivity index (χ1v) is 4.96. The number of ether oxygens (including phenoxy) is 1. The molecule has 5 nitrogen and oxygen atoms in total. The Kier molecular flexibility index (Phi) is 4.25. The SMILES string of the molecule is COCC(C)N(C)C(=O)c1cncc(O)c1. The van der Waals surface area contributed by atoms with Crippen LogP contribution < -0.4 is 0 Å². The van der Waals surface area contributed by atoms with Gasteiger partial charge >= 0.3 is 0 Å². The molecule has 1 amide bonds. The minimum Gasteiger partial charge on any atom is -0.506 e. The second-order valence-electron chi connectivity index (χ2n) is 3.65. The van der Waals surface area contributed by atoms with Crippen LogP contribution in [-0.2, 0) is 4.74 Å². The normalized spacial score (nSPS) is 12.2. The summed E-state index contributed by atoms with van der Waals surface area (Å²) in [6, 6.07) is 1.37. The van der Waals surface area contributed by atoms with E-state index >= 15 is 0 Å². The van der Waals surface area contributed by atoms with Crippen molar-refractivity contribution in [2.75, 3.05) is 20.8 Å². The van der Waals surface area contributed by atoms with Crippen molar-refractivity contribution in [3.63, 3.8) is 0 Å². The number of carbonyl (C=O) groups is 1. The van der Waals surface area contributed by atoms with Crippen molar-refractivity contribution in [1.82, 2.24) is 9.88 Å². The van der Waals surface area contributed by atoms with Gasteiger partial charge in [0.25, 0.3) is 5.91 Å². The Labute approximate surface area is 94.7 Å². The lowest BCUT2D eigenvalue weighted by Gasteiger charge is -2.24. The molecular weight excluding hydrogens is 208 g/mol. The fraction of sp³-hybridized carbons (Fsp3) is 0.455. The van der Waals surface area contributed by atoms with Crippen LogP contribution in [0.5, 0.6) is 5.75 Å². The van der Waals surface area contributed by atoms with E-state index in [1.54, 1.807) is 19.1 Å². The van der Waals surface area contributed by atoms with E-state index in [1.807, 2.05) is 6.92 Å². The molecule has 0 bridgehead atoms. The summed E-state index contributed by atoms with van der Waals surface area (Å²) in [6.45, 7) is 2.35. The highest BCUT2D eigenvalue weighted by atomic mass is 16.5. The van der Waals surface area contributed by atoms with Crippen LogP contribution in [0.15, 0.2) is 18.5 Å². The average molecular weight is 224 g/mol. The fourth-order valence-electron chi connectivity index (χ4n) is 1.30. The summed E-state index contributed by atoms with van der Waals surface area (Å²) in [5.74, 6) is -0.202. The maximum atomic E-state index is 11.9. The number of hydrogen-bond donors (Lipinski definition) is 1. The number of rotatable bonds is 4. The smallest absolute Gasteiger partial charge is 0.255 e. The predicted molar refractivity (Wildman–Crippen MR) is 59.3 cm³/mol. The van der Waals surface area contributed by atoms with Crippen molar-refractivity contribution in [2.24, 2.45) is 0 Å². The Hall–Kier alpha value is -1.62. The molecule has 1 heterocycles. The van der Waals surface area contributed by atoms with E-state index in [-0.39, 0.29) is 17.7 Å². The molecule has 1 N–H and O–H groups in total. The fourth-order valence-corrected chi connectivity index (χ4v) is 1.30. The summed E-state index contributed by atoms with van der Waals surface area (Å²) in [5.41, 5.74) is 0.366. The molecule has 0 radical (unpaired) electrons. The van der Waals surface area contributed by atoms with Crippen LogP contribution in [0.25, 0.3) is 0 Å². The minimum absolute atomic E-state index is 0.0151. The van der Waals surface area contributed by atoms with Gasteiger partial charge in [0.15, 0.2) is 0 Å².